The van der Waals surface area contributed by atoms with Gasteiger partial charge in [0.05, 0.1) is 24.3 Å². The molecule has 2 aromatic carbocycles. The van der Waals surface area contributed by atoms with Gasteiger partial charge >= 0.3 is 0 Å². The van der Waals surface area contributed by atoms with E-state index in [1.165, 1.54) is 0 Å². The molecule has 106 valence electrons. The van der Waals surface area contributed by atoms with Gasteiger partial charge in [0.1, 0.15) is 11.5 Å². The lowest BCUT2D eigenvalue weighted by Gasteiger charge is -2.33. The Morgan fingerprint density at radius 1 is 1.00 bits per heavy atom. The van der Waals surface area contributed by atoms with E-state index >= 15 is 0 Å². The van der Waals surface area contributed by atoms with Crippen molar-refractivity contribution in [1.82, 2.24) is 0 Å². The number of fused-ring (bicyclic) bond motifs is 3. The molecule has 0 bridgehead atoms. The summed E-state index contributed by atoms with van der Waals surface area (Å²) < 4.78 is 11.6. The molecule has 0 aromatic heterocycles. The van der Waals surface area contributed by atoms with Crippen LogP contribution in [0.15, 0.2) is 42.5 Å². The molecule has 0 saturated carbocycles. The predicted molar refractivity (Wildman–Crippen MR) is 79.0 cm³/mol. The first-order valence-corrected chi connectivity index (χ1v) is 7.07. The number of anilines is 1. The van der Waals surface area contributed by atoms with Gasteiger partial charge in [-0.25, -0.2) is 0 Å². The van der Waals surface area contributed by atoms with Crippen molar-refractivity contribution in [2.24, 2.45) is 0 Å². The third-order valence-corrected chi connectivity index (χ3v) is 3.94. The van der Waals surface area contributed by atoms with E-state index < -0.39 is 0 Å². The lowest BCUT2D eigenvalue weighted by molar-refractivity contribution is 0.0931. The maximum atomic E-state index is 12.0. The molecule has 2 heterocycles. The van der Waals surface area contributed by atoms with Crippen LogP contribution in [0.1, 0.15) is 22.3 Å². The topological polar surface area (TPSA) is 38.8 Å². The SMILES string of the molecule is O=C1CCOc2c1ccc1c2CN(c2ccccc2)CO1. The number of hydrogen-bond donors (Lipinski definition) is 0. The zero-order chi connectivity index (χ0) is 14.2. The molecule has 2 aliphatic heterocycles. The summed E-state index contributed by atoms with van der Waals surface area (Å²) in [4.78, 5) is 14.1. The number of benzene rings is 2. The van der Waals surface area contributed by atoms with Crippen molar-refractivity contribution in [2.45, 2.75) is 13.0 Å². The van der Waals surface area contributed by atoms with Gasteiger partial charge in [0.15, 0.2) is 12.5 Å². The molecule has 0 N–H and O–H groups in total. The average molecular weight is 281 g/mol. The molecule has 0 spiro atoms. The molecule has 4 nitrogen and oxygen atoms in total. The molecule has 0 atom stereocenters. The van der Waals surface area contributed by atoms with Gasteiger partial charge in [-0.2, -0.15) is 0 Å². The van der Waals surface area contributed by atoms with Crippen LogP contribution in [0.3, 0.4) is 0 Å². The van der Waals surface area contributed by atoms with Crippen LogP contribution >= 0.6 is 0 Å². The third kappa shape index (κ3) is 2.03. The van der Waals surface area contributed by atoms with Crippen molar-refractivity contribution in [3.8, 4) is 11.5 Å². The summed E-state index contributed by atoms with van der Waals surface area (Å²) in [6.45, 7) is 1.65. The van der Waals surface area contributed by atoms with Crippen LogP contribution in [0.4, 0.5) is 5.69 Å². The lowest BCUT2D eigenvalue weighted by Crippen LogP contribution is -2.33. The quantitative estimate of drug-likeness (QED) is 0.805. The Balaban J connectivity index is 1.74. The number of carbonyl (C=O) groups excluding carboxylic acids is 1. The summed E-state index contributed by atoms with van der Waals surface area (Å²) in [5.74, 6) is 1.66. The van der Waals surface area contributed by atoms with Crippen molar-refractivity contribution in [2.75, 3.05) is 18.2 Å². The Kier molecular flexibility index (Phi) is 2.81. The van der Waals surface area contributed by atoms with Gasteiger partial charge in [0.2, 0.25) is 0 Å². The first-order valence-electron chi connectivity index (χ1n) is 7.07. The Labute approximate surface area is 122 Å². The zero-order valence-corrected chi connectivity index (χ0v) is 11.5. The average Bonchev–Trinajstić information content (AvgIpc) is 2.55. The van der Waals surface area contributed by atoms with E-state index in [0.29, 0.717) is 37.6 Å². The summed E-state index contributed by atoms with van der Waals surface area (Å²) in [5, 5.41) is 0. The van der Waals surface area contributed by atoms with Crippen molar-refractivity contribution in [3.63, 3.8) is 0 Å². The third-order valence-electron chi connectivity index (χ3n) is 3.94. The fraction of sp³-hybridized carbons (Fsp3) is 0.235. The number of rotatable bonds is 1. The van der Waals surface area contributed by atoms with Gasteiger partial charge in [-0.15, -0.1) is 0 Å². The molecule has 0 radical (unpaired) electrons. The van der Waals surface area contributed by atoms with Crippen LogP contribution in [0.25, 0.3) is 0 Å². The zero-order valence-electron chi connectivity index (χ0n) is 11.5. The molecular formula is C17H15NO3. The number of nitrogens with zero attached hydrogens (tertiary/aromatic N) is 1. The van der Waals surface area contributed by atoms with E-state index in [1.54, 1.807) is 0 Å². The van der Waals surface area contributed by atoms with E-state index in [4.69, 9.17) is 9.47 Å². The maximum Gasteiger partial charge on any atom is 0.170 e. The van der Waals surface area contributed by atoms with Gasteiger partial charge in [-0.3, -0.25) is 4.79 Å². The number of hydrogen-bond acceptors (Lipinski definition) is 4. The normalized spacial score (nSPS) is 16.6. The van der Waals surface area contributed by atoms with Crippen LogP contribution < -0.4 is 14.4 Å². The second kappa shape index (κ2) is 4.81. The van der Waals surface area contributed by atoms with Crippen LogP contribution in [0.2, 0.25) is 0 Å². The smallest absolute Gasteiger partial charge is 0.170 e. The van der Waals surface area contributed by atoms with Gasteiger partial charge in [0, 0.05) is 12.1 Å². The lowest BCUT2D eigenvalue weighted by atomic mass is 9.99. The molecule has 2 aromatic rings. The molecular weight excluding hydrogens is 266 g/mol. The maximum absolute atomic E-state index is 12.0. The van der Waals surface area contributed by atoms with Crippen molar-refractivity contribution < 1.29 is 14.3 Å². The minimum Gasteiger partial charge on any atom is -0.492 e. The first kappa shape index (κ1) is 12.3. The van der Waals surface area contributed by atoms with Crippen LogP contribution in [-0.4, -0.2) is 19.1 Å². The highest BCUT2D eigenvalue weighted by atomic mass is 16.5. The molecule has 0 aliphatic carbocycles. The minimum atomic E-state index is 0.149. The fourth-order valence-electron chi connectivity index (χ4n) is 2.85. The number of para-hydroxylation sites is 1. The van der Waals surface area contributed by atoms with Crippen molar-refractivity contribution in [3.05, 3.63) is 53.6 Å². The largest absolute Gasteiger partial charge is 0.492 e. The van der Waals surface area contributed by atoms with Gasteiger partial charge in [-0.05, 0) is 24.3 Å². The molecule has 0 saturated heterocycles. The number of Topliss-reactive ketones (excluding diaryl/α,β-unsaturated/α-hetero) is 1. The predicted octanol–water partition coefficient (Wildman–Crippen LogP) is 3.01. The molecule has 4 rings (SSSR count). The number of carbonyl (C=O) groups is 1. The molecule has 0 fully saturated rings. The second-order valence-corrected chi connectivity index (χ2v) is 5.25. The summed E-state index contributed by atoms with van der Waals surface area (Å²) in [6.07, 6.45) is 0.453. The summed E-state index contributed by atoms with van der Waals surface area (Å²) >= 11 is 0. The Morgan fingerprint density at radius 2 is 1.86 bits per heavy atom. The van der Waals surface area contributed by atoms with Crippen LogP contribution in [0, 0.1) is 0 Å². The first-order chi connectivity index (χ1) is 10.3. The summed E-state index contributed by atoms with van der Waals surface area (Å²) in [7, 11) is 0. The number of ether oxygens (including phenoxy) is 2. The molecule has 0 amide bonds. The van der Waals surface area contributed by atoms with E-state index in [-0.39, 0.29) is 5.78 Å². The van der Waals surface area contributed by atoms with E-state index in [0.717, 1.165) is 17.0 Å². The Bertz CT molecular complexity index is 697. The fourth-order valence-corrected chi connectivity index (χ4v) is 2.85. The minimum absolute atomic E-state index is 0.149. The second-order valence-electron chi connectivity index (χ2n) is 5.25. The monoisotopic (exact) mass is 281 g/mol. The van der Waals surface area contributed by atoms with Gasteiger partial charge in [-0.1, -0.05) is 18.2 Å². The number of ketones is 1. The highest BCUT2D eigenvalue weighted by molar-refractivity contribution is 6.00. The Hall–Kier alpha value is -2.49. The summed E-state index contributed by atoms with van der Waals surface area (Å²) in [6, 6.07) is 13.8. The highest BCUT2D eigenvalue weighted by Gasteiger charge is 2.28. The molecule has 0 unspecified atom stereocenters. The van der Waals surface area contributed by atoms with Gasteiger partial charge < -0.3 is 14.4 Å². The standard InChI is InChI=1S/C17H15NO3/c19-15-8-9-20-17-13(15)6-7-16-14(17)10-18(11-21-16)12-4-2-1-3-5-12/h1-7H,8-11H2. The Morgan fingerprint density at radius 3 is 2.71 bits per heavy atom. The molecule has 21 heavy (non-hydrogen) atoms. The molecule has 2 aliphatic rings. The molecule has 4 heteroatoms. The summed E-state index contributed by atoms with van der Waals surface area (Å²) in [5.41, 5.74) is 2.75. The van der Waals surface area contributed by atoms with Crippen molar-refractivity contribution >= 4 is 11.5 Å². The van der Waals surface area contributed by atoms with Gasteiger partial charge in [0.25, 0.3) is 0 Å². The van der Waals surface area contributed by atoms with Crippen LogP contribution in [0.5, 0.6) is 11.5 Å². The van der Waals surface area contributed by atoms with E-state index in [2.05, 4.69) is 17.0 Å². The van der Waals surface area contributed by atoms with Crippen molar-refractivity contribution in [1.29, 1.82) is 0 Å². The highest BCUT2D eigenvalue weighted by Crippen LogP contribution is 2.39. The van der Waals surface area contributed by atoms with E-state index in [1.807, 2.05) is 30.3 Å². The van der Waals surface area contributed by atoms with E-state index in [9.17, 15) is 4.79 Å². The van der Waals surface area contributed by atoms with Crippen LogP contribution in [-0.2, 0) is 6.54 Å².